The van der Waals surface area contributed by atoms with Crippen LogP contribution < -0.4 is 5.56 Å². The first-order valence-electron chi connectivity index (χ1n) is 10.8. The molecule has 0 aliphatic carbocycles. The molecule has 1 atom stereocenters. The zero-order valence-corrected chi connectivity index (χ0v) is 17.8. The Balaban J connectivity index is 1.42. The molecule has 2 aromatic rings. The zero-order valence-electron chi connectivity index (χ0n) is 17.0. The van der Waals surface area contributed by atoms with E-state index in [9.17, 15) is 9.59 Å². The SMILES string of the molecule is O=C(CCn1cnc2ccccc2c1=O)N1CCCSCC1CN1CCCCC1. The molecule has 1 aromatic heterocycles. The van der Waals surface area contributed by atoms with Gasteiger partial charge >= 0.3 is 0 Å². The molecule has 2 fully saturated rings. The maximum absolute atomic E-state index is 13.1. The van der Waals surface area contributed by atoms with Crippen LogP contribution in [0.1, 0.15) is 32.1 Å². The average Bonchev–Trinajstić information content (AvgIpc) is 2.99. The molecule has 6 nitrogen and oxygen atoms in total. The summed E-state index contributed by atoms with van der Waals surface area (Å²) in [5.74, 6) is 2.29. The molecule has 29 heavy (non-hydrogen) atoms. The quantitative estimate of drug-likeness (QED) is 0.753. The smallest absolute Gasteiger partial charge is 0.261 e. The van der Waals surface area contributed by atoms with Gasteiger partial charge in [-0.1, -0.05) is 18.6 Å². The molecule has 0 N–H and O–H groups in total. The highest BCUT2D eigenvalue weighted by Crippen LogP contribution is 2.20. The maximum atomic E-state index is 13.1. The van der Waals surface area contributed by atoms with E-state index in [4.69, 9.17) is 0 Å². The van der Waals surface area contributed by atoms with Crippen molar-refractivity contribution >= 4 is 28.6 Å². The number of aryl methyl sites for hydroxylation is 1. The van der Waals surface area contributed by atoms with Gasteiger partial charge in [-0.05, 0) is 50.2 Å². The van der Waals surface area contributed by atoms with Crippen LogP contribution in [-0.4, -0.2) is 69.0 Å². The summed E-state index contributed by atoms with van der Waals surface area (Å²) in [6.07, 6.45) is 6.83. The van der Waals surface area contributed by atoms with Gasteiger partial charge in [0.05, 0.1) is 23.3 Å². The molecule has 7 heteroatoms. The number of nitrogens with zero attached hydrogens (tertiary/aromatic N) is 4. The number of carbonyl (C=O) groups excluding carboxylic acids is 1. The molecule has 2 saturated heterocycles. The van der Waals surface area contributed by atoms with E-state index in [-0.39, 0.29) is 17.5 Å². The van der Waals surface area contributed by atoms with E-state index in [1.165, 1.54) is 19.3 Å². The first-order valence-corrected chi connectivity index (χ1v) is 11.9. The van der Waals surface area contributed by atoms with E-state index < -0.39 is 0 Å². The first-order chi connectivity index (χ1) is 14.2. The van der Waals surface area contributed by atoms with E-state index >= 15 is 0 Å². The summed E-state index contributed by atoms with van der Waals surface area (Å²) in [4.78, 5) is 34.8. The summed E-state index contributed by atoms with van der Waals surface area (Å²) in [5.41, 5.74) is 0.630. The minimum absolute atomic E-state index is 0.0697. The fourth-order valence-electron chi connectivity index (χ4n) is 4.37. The van der Waals surface area contributed by atoms with Crippen molar-refractivity contribution in [2.24, 2.45) is 0 Å². The van der Waals surface area contributed by atoms with Crippen molar-refractivity contribution in [2.75, 3.05) is 37.7 Å². The zero-order chi connectivity index (χ0) is 20.1. The Morgan fingerprint density at radius 2 is 1.93 bits per heavy atom. The summed E-state index contributed by atoms with van der Waals surface area (Å²) in [7, 11) is 0. The Morgan fingerprint density at radius 1 is 1.10 bits per heavy atom. The number of carbonyl (C=O) groups is 1. The monoisotopic (exact) mass is 414 g/mol. The lowest BCUT2D eigenvalue weighted by molar-refractivity contribution is -0.133. The summed E-state index contributed by atoms with van der Waals surface area (Å²) >= 11 is 1.97. The summed E-state index contributed by atoms with van der Waals surface area (Å²) in [6, 6.07) is 7.64. The minimum Gasteiger partial charge on any atom is -0.338 e. The van der Waals surface area contributed by atoms with Gasteiger partial charge < -0.3 is 9.80 Å². The van der Waals surface area contributed by atoms with Crippen LogP contribution in [0, 0.1) is 0 Å². The Kier molecular flexibility index (Phi) is 6.87. The van der Waals surface area contributed by atoms with E-state index in [1.54, 1.807) is 17.0 Å². The van der Waals surface area contributed by atoms with Gasteiger partial charge in [0.25, 0.3) is 5.56 Å². The number of aromatic nitrogens is 2. The highest BCUT2D eigenvalue weighted by molar-refractivity contribution is 7.99. The number of thioether (sulfide) groups is 1. The molecule has 3 heterocycles. The van der Waals surface area contributed by atoms with Gasteiger partial charge in [-0.15, -0.1) is 0 Å². The summed E-state index contributed by atoms with van der Waals surface area (Å²) in [5, 5.41) is 0.608. The molecule has 1 aromatic carbocycles. The third kappa shape index (κ3) is 5.01. The van der Waals surface area contributed by atoms with Gasteiger partial charge in [-0.25, -0.2) is 4.98 Å². The Bertz CT molecular complexity index is 894. The van der Waals surface area contributed by atoms with Crippen molar-refractivity contribution < 1.29 is 4.79 Å². The van der Waals surface area contributed by atoms with Gasteiger partial charge in [0.2, 0.25) is 5.91 Å². The van der Waals surface area contributed by atoms with Gasteiger partial charge in [0.1, 0.15) is 0 Å². The average molecular weight is 415 g/mol. The van der Waals surface area contributed by atoms with E-state index in [1.807, 2.05) is 30.0 Å². The van der Waals surface area contributed by atoms with Crippen molar-refractivity contribution in [1.29, 1.82) is 0 Å². The number of fused-ring (bicyclic) bond motifs is 1. The van der Waals surface area contributed by atoms with E-state index in [0.717, 1.165) is 44.1 Å². The van der Waals surface area contributed by atoms with Gasteiger partial charge in [0.15, 0.2) is 0 Å². The fraction of sp³-hybridized carbons (Fsp3) is 0.591. The number of hydrogen-bond acceptors (Lipinski definition) is 5. The molecule has 0 bridgehead atoms. The second kappa shape index (κ2) is 9.76. The second-order valence-electron chi connectivity index (χ2n) is 8.04. The molecule has 0 spiro atoms. The van der Waals surface area contributed by atoms with Crippen LogP contribution in [0.3, 0.4) is 0 Å². The lowest BCUT2D eigenvalue weighted by Crippen LogP contribution is -2.49. The number of likely N-dealkylation sites (tertiary alicyclic amines) is 1. The van der Waals surface area contributed by atoms with Crippen molar-refractivity contribution in [3.8, 4) is 0 Å². The highest BCUT2D eigenvalue weighted by Gasteiger charge is 2.27. The lowest BCUT2D eigenvalue weighted by atomic mass is 10.1. The second-order valence-corrected chi connectivity index (χ2v) is 9.19. The van der Waals surface area contributed by atoms with Crippen molar-refractivity contribution in [1.82, 2.24) is 19.4 Å². The summed E-state index contributed by atoms with van der Waals surface area (Å²) < 4.78 is 1.58. The largest absolute Gasteiger partial charge is 0.338 e. The molecular formula is C22H30N4O2S. The van der Waals surface area contributed by atoms with Gasteiger partial charge in [-0.3, -0.25) is 14.2 Å². The molecule has 2 aliphatic heterocycles. The fourth-order valence-corrected chi connectivity index (χ4v) is 5.43. The lowest BCUT2D eigenvalue weighted by Gasteiger charge is -2.36. The van der Waals surface area contributed by atoms with Crippen LogP contribution in [0.4, 0.5) is 0 Å². The van der Waals surface area contributed by atoms with Crippen LogP contribution in [0.5, 0.6) is 0 Å². The molecule has 0 radical (unpaired) electrons. The van der Waals surface area contributed by atoms with Crippen molar-refractivity contribution in [3.63, 3.8) is 0 Å². The molecule has 0 saturated carbocycles. The van der Waals surface area contributed by atoms with Crippen LogP contribution in [0.25, 0.3) is 10.9 Å². The molecule has 156 valence electrons. The Labute approximate surface area is 176 Å². The maximum Gasteiger partial charge on any atom is 0.261 e. The van der Waals surface area contributed by atoms with Crippen molar-refractivity contribution in [2.45, 2.75) is 44.7 Å². The topological polar surface area (TPSA) is 58.4 Å². The predicted octanol–water partition coefficient (Wildman–Crippen LogP) is 2.61. The first kappa shape index (κ1) is 20.4. The number of benzene rings is 1. The van der Waals surface area contributed by atoms with Crippen LogP contribution >= 0.6 is 11.8 Å². The molecule has 2 aliphatic rings. The molecule has 4 rings (SSSR count). The number of hydrogen-bond donors (Lipinski definition) is 0. The third-order valence-electron chi connectivity index (χ3n) is 5.97. The van der Waals surface area contributed by atoms with E-state index in [0.29, 0.717) is 23.9 Å². The number of piperidine rings is 1. The van der Waals surface area contributed by atoms with Crippen LogP contribution in [0.2, 0.25) is 0 Å². The molecule has 1 amide bonds. The van der Waals surface area contributed by atoms with Crippen LogP contribution in [0.15, 0.2) is 35.4 Å². The normalized spacial score (nSPS) is 21.2. The number of amides is 1. The minimum atomic E-state index is -0.0697. The van der Waals surface area contributed by atoms with E-state index in [2.05, 4.69) is 14.8 Å². The predicted molar refractivity (Wildman–Crippen MR) is 118 cm³/mol. The van der Waals surface area contributed by atoms with Crippen molar-refractivity contribution in [3.05, 3.63) is 40.9 Å². The summed E-state index contributed by atoms with van der Waals surface area (Å²) in [6.45, 7) is 4.50. The van der Waals surface area contributed by atoms with Gasteiger partial charge in [0, 0.05) is 31.8 Å². The number of rotatable bonds is 5. The Hall–Kier alpha value is -1.86. The number of para-hydroxylation sites is 1. The third-order valence-corrected chi connectivity index (χ3v) is 7.17. The van der Waals surface area contributed by atoms with Crippen LogP contribution in [-0.2, 0) is 11.3 Å². The standard InChI is InChI=1S/C22H30N4O2S/c27-21(9-13-25-17-23-20-8-3-2-7-19(20)22(25)28)26-12-6-14-29-16-18(26)15-24-10-4-1-5-11-24/h2-3,7-8,17-18H,1,4-6,9-16H2. The molecule has 1 unspecified atom stereocenters. The Morgan fingerprint density at radius 3 is 2.79 bits per heavy atom. The molecular weight excluding hydrogens is 384 g/mol. The van der Waals surface area contributed by atoms with Gasteiger partial charge in [-0.2, -0.15) is 11.8 Å². The highest BCUT2D eigenvalue weighted by atomic mass is 32.2.